The van der Waals surface area contributed by atoms with E-state index in [2.05, 4.69) is 15.2 Å². The lowest BCUT2D eigenvalue weighted by Gasteiger charge is -2.22. The number of aromatic carboxylic acids is 1. The van der Waals surface area contributed by atoms with E-state index in [0.29, 0.717) is 0 Å². The monoisotopic (exact) mass is 221 g/mol. The highest BCUT2D eigenvalue weighted by Gasteiger charge is 2.12. The second-order valence-electron chi connectivity index (χ2n) is 3.80. The summed E-state index contributed by atoms with van der Waals surface area (Å²) in [7, 11) is 0. The third-order valence-electron chi connectivity index (χ3n) is 2.67. The van der Waals surface area contributed by atoms with Crippen LogP contribution in [0.2, 0.25) is 0 Å². The summed E-state index contributed by atoms with van der Waals surface area (Å²) in [6.07, 6.45) is 2.63. The van der Waals surface area contributed by atoms with Crippen molar-refractivity contribution >= 4 is 11.7 Å². The fourth-order valence-corrected chi connectivity index (χ4v) is 1.84. The molecule has 0 spiro atoms. The summed E-state index contributed by atoms with van der Waals surface area (Å²) >= 11 is 0. The molecule has 0 bridgehead atoms. The molecule has 2 heterocycles. The van der Waals surface area contributed by atoms with Gasteiger partial charge in [0, 0.05) is 31.5 Å². The fourth-order valence-electron chi connectivity index (χ4n) is 1.84. The van der Waals surface area contributed by atoms with Crippen LogP contribution in [-0.4, -0.2) is 42.2 Å². The van der Waals surface area contributed by atoms with Gasteiger partial charge in [-0.3, -0.25) is 0 Å². The van der Waals surface area contributed by atoms with Gasteiger partial charge in [0.05, 0.1) is 0 Å². The molecule has 2 rings (SSSR count). The van der Waals surface area contributed by atoms with Gasteiger partial charge >= 0.3 is 5.97 Å². The number of hydrogen-bond acceptors (Lipinski definition) is 4. The molecular weight excluding hydrogens is 206 g/mol. The Labute approximate surface area is 94.1 Å². The number of nitrogens with one attached hydrogen (secondary N) is 1. The van der Waals surface area contributed by atoms with E-state index in [1.165, 1.54) is 0 Å². The molecule has 0 unspecified atom stereocenters. The van der Waals surface area contributed by atoms with E-state index in [4.69, 9.17) is 5.11 Å². The average Bonchev–Trinajstić information content (AvgIpc) is 2.57. The first-order valence-electron chi connectivity index (χ1n) is 5.42. The Morgan fingerprint density at radius 2 is 2.31 bits per heavy atom. The van der Waals surface area contributed by atoms with E-state index in [9.17, 15) is 4.79 Å². The lowest BCUT2D eigenvalue weighted by atomic mass is 10.2. The maximum atomic E-state index is 10.8. The third-order valence-corrected chi connectivity index (χ3v) is 2.67. The van der Waals surface area contributed by atoms with Crippen LogP contribution in [0.5, 0.6) is 0 Å². The lowest BCUT2D eigenvalue weighted by Crippen LogP contribution is -2.28. The van der Waals surface area contributed by atoms with Gasteiger partial charge in [0.1, 0.15) is 5.69 Å². The molecule has 1 aliphatic rings. The summed E-state index contributed by atoms with van der Waals surface area (Å²) in [6, 6.07) is 3.49. The zero-order chi connectivity index (χ0) is 11.4. The number of aromatic nitrogens is 1. The quantitative estimate of drug-likeness (QED) is 0.764. The van der Waals surface area contributed by atoms with Crippen LogP contribution < -0.4 is 10.2 Å². The molecule has 0 aliphatic carbocycles. The Morgan fingerprint density at radius 3 is 3.12 bits per heavy atom. The first-order valence-corrected chi connectivity index (χ1v) is 5.42. The van der Waals surface area contributed by atoms with Crippen molar-refractivity contribution in [1.29, 1.82) is 0 Å². The molecule has 16 heavy (non-hydrogen) atoms. The predicted molar refractivity (Wildman–Crippen MR) is 60.9 cm³/mol. The minimum atomic E-state index is -0.977. The number of carbonyl (C=O) groups is 1. The molecular formula is C11H15N3O2. The molecule has 0 aromatic carbocycles. The van der Waals surface area contributed by atoms with Crippen LogP contribution in [0.3, 0.4) is 0 Å². The first kappa shape index (κ1) is 10.9. The Morgan fingerprint density at radius 1 is 1.44 bits per heavy atom. The molecule has 86 valence electrons. The minimum absolute atomic E-state index is 0.106. The summed E-state index contributed by atoms with van der Waals surface area (Å²) in [5, 5.41) is 12.2. The van der Waals surface area contributed by atoms with Crippen molar-refractivity contribution in [2.24, 2.45) is 0 Å². The highest BCUT2D eigenvalue weighted by atomic mass is 16.4. The third kappa shape index (κ3) is 2.49. The number of nitrogens with zero attached hydrogens (tertiary/aromatic N) is 2. The lowest BCUT2D eigenvalue weighted by molar-refractivity contribution is 0.0690. The van der Waals surface area contributed by atoms with Crippen molar-refractivity contribution in [3.63, 3.8) is 0 Å². The van der Waals surface area contributed by atoms with Gasteiger partial charge in [-0.2, -0.15) is 0 Å². The number of carboxylic acids is 1. The molecule has 5 heteroatoms. The van der Waals surface area contributed by atoms with Gasteiger partial charge in [0.15, 0.2) is 0 Å². The van der Waals surface area contributed by atoms with E-state index in [-0.39, 0.29) is 5.69 Å². The number of hydrogen-bond donors (Lipinski definition) is 2. The van der Waals surface area contributed by atoms with Crippen molar-refractivity contribution in [1.82, 2.24) is 10.3 Å². The molecule has 0 saturated carbocycles. The Balaban J connectivity index is 2.18. The molecule has 1 aromatic heterocycles. The Hall–Kier alpha value is -1.62. The van der Waals surface area contributed by atoms with Crippen LogP contribution in [0.15, 0.2) is 18.3 Å². The number of carboxylic acid groups (broad SMARTS) is 1. The molecule has 0 radical (unpaired) electrons. The van der Waals surface area contributed by atoms with E-state index in [0.717, 1.165) is 38.3 Å². The van der Waals surface area contributed by atoms with Crippen LogP contribution >= 0.6 is 0 Å². The molecule has 0 amide bonds. The highest BCUT2D eigenvalue weighted by Crippen LogP contribution is 2.15. The molecule has 0 atom stereocenters. The molecule has 1 saturated heterocycles. The molecule has 1 fully saturated rings. The van der Waals surface area contributed by atoms with Crippen LogP contribution in [0.1, 0.15) is 16.9 Å². The maximum absolute atomic E-state index is 10.8. The SMILES string of the molecule is O=C(O)c1cc(N2CCCNCC2)ccn1. The Bertz CT molecular complexity index is 373. The summed E-state index contributed by atoms with van der Waals surface area (Å²) in [5.41, 5.74) is 1.05. The summed E-state index contributed by atoms with van der Waals surface area (Å²) < 4.78 is 0. The van der Waals surface area contributed by atoms with E-state index >= 15 is 0 Å². The van der Waals surface area contributed by atoms with Crippen LogP contribution in [0, 0.1) is 0 Å². The standard InChI is InChI=1S/C11H15N3O2/c15-11(16)10-8-9(2-4-13-10)14-6-1-3-12-5-7-14/h2,4,8,12H,1,3,5-7H2,(H,15,16). The van der Waals surface area contributed by atoms with Crippen molar-refractivity contribution in [3.05, 3.63) is 24.0 Å². The van der Waals surface area contributed by atoms with Gasteiger partial charge in [0.25, 0.3) is 0 Å². The smallest absolute Gasteiger partial charge is 0.354 e. The number of rotatable bonds is 2. The van der Waals surface area contributed by atoms with Crippen molar-refractivity contribution in [2.45, 2.75) is 6.42 Å². The maximum Gasteiger partial charge on any atom is 0.354 e. The van der Waals surface area contributed by atoms with Crippen LogP contribution in [0.4, 0.5) is 5.69 Å². The molecule has 2 N–H and O–H groups in total. The molecule has 1 aromatic rings. The average molecular weight is 221 g/mol. The van der Waals surface area contributed by atoms with Crippen molar-refractivity contribution in [3.8, 4) is 0 Å². The van der Waals surface area contributed by atoms with Gasteiger partial charge in [-0.05, 0) is 25.1 Å². The summed E-state index contributed by atoms with van der Waals surface area (Å²) in [6.45, 7) is 3.82. The van der Waals surface area contributed by atoms with Gasteiger partial charge in [-0.25, -0.2) is 9.78 Å². The number of pyridine rings is 1. The largest absolute Gasteiger partial charge is 0.477 e. The van der Waals surface area contributed by atoms with E-state index in [1.807, 2.05) is 6.07 Å². The minimum Gasteiger partial charge on any atom is -0.477 e. The second-order valence-corrected chi connectivity index (χ2v) is 3.80. The molecule has 1 aliphatic heterocycles. The number of anilines is 1. The summed E-state index contributed by atoms with van der Waals surface area (Å²) in [5.74, 6) is -0.977. The summed E-state index contributed by atoms with van der Waals surface area (Å²) in [4.78, 5) is 16.8. The van der Waals surface area contributed by atoms with Crippen LogP contribution in [-0.2, 0) is 0 Å². The zero-order valence-electron chi connectivity index (χ0n) is 9.02. The predicted octanol–water partition coefficient (Wildman–Crippen LogP) is 0.579. The topological polar surface area (TPSA) is 65.5 Å². The van der Waals surface area contributed by atoms with Gasteiger partial charge in [-0.1, -0.05) is 0 Å². The van der Waals surface area contributed by atoms with Crippen LogP contribution in [0.25, 0.3) is 0 Å². The van der Waals surface area contributed by atoms with Gasteiger partial charge in [-0.15, -0.1) is 0 Å². The van der Waals surface area contributed by atoms with Gasteiger partial charge < -0.3 is 15.3 Å². The Kier molecular flexibility index (Phi) is 3.36. The normalized spacial score (nSPS) is 16.9. The van der Waals surface area contributed by atoms with E-state index in [1.54, 1.807) is 12.3 Å². The highest BCUT2D eigenvalue weighted by molar-refractivity contribution is 5.86. The van der Waals surface area contributed by atoms with E-state index < -0.39 is 5.97 Å². The fraction of sp³-hybridized carbons (Fsp3) is 0.455. The van der Waals surface area contributed by atoms with Gasteiger partial charge in [0.2, 0.25) is 0 Å². The zero-order valence-corrected chi connectivity index (χ0v) is 9.02. The van der Waals surface area contributed by atoms with Crippen molar-refractivity contribution in [2.75, 3.05) is 31.1 Å². The second kappa shape index (κ2) is 4.94. The molecule has 5 nitrogen and oxygen atoms in total. The first-order chi connectivity index (χ1) is 7.77. The van der Waals surface area contributed by atoms with Crippen molar-refractivity contribution < 1.29 is 9.90 Å².